The molecule has 23 heavy (non-hydrogen) atoms. The largest absolute Gasteiger partial charge is 0.383 e. The molecule has 1 saturated carbocycles. The van der Waals surface area contributed by atoms with Crippen LogP contribution in [-0.2, 0) is 4.74 Å². The minimum absolute atomic E-state index is 0.613. The van der Waals surface area contributed by atoms with Crippen molar-refractivity contribution in [3.63, 3.8) is 0 Å². The van der Waals surface area contributed by atoms with E-state index < -0.39 is 0 Å². The first-order valence-corrected chi connectivity index (χ1v) is 9.51. The number of hydrogen-bond acceptors (Lipinski definition) is 3. The van der Waals surface area contributed by atoms with E-state index in [4.69, 9.17) is 4.74 Å². The maximum Gasteiger partial charge on any atom is 0.191 e. The molecule has 1 aliphatic carbocycles. The molecular weight excluding hydrogens is 288 g/mol. The molecule has 0 aromatic carbocycles. The Hall–Kier alpha value is -0.810. The van der Waals surface area contributed by atoms with Crippen LogP contribution in [0.4, 0.5) is 0 Å². The highest BCUT2D eigenvalue weighted by Gasteiger charge is 2.23. The maximum atomic E-state index is 5.21. The highest BCUT2D eigenvalue weighted by molar-refractivity contribution is 5.79. The summed E-state index contributed by atoms with van der Waals surface area (Å²) in [5.41, 5.74) is 0. The van der Waals surface area contributed by atoms with Crippen molar-refractivity contribution in [3.05, 3.63) is 0 Å². The van der Waals surface area contributed by atoms with E-state index in [1.807, 2.05) is 7.05 Å². The van der Waals surface area contributed by atoms with Crippen LogP contribution in [0.3, 0.4) is 0 Å². The Morgan fingerprint density at radius 3 is 2.74 bits per heavy atom. The number of ether oxygens (including phenoxy) is 1. The molecule has 5 heteroatoms. The lowest BCUT2D eigenvalue weighted by Crippen LogP contribution is -2.45. The molecule has 1 aliphatic heterocycles. The molecule has 2 fully saturated rings. The van der Waals surface area contributed by atoms with Gasteiger partial charge in [-0.1, -0.05) is 25.7 Å². The second-order valence-electron chi connectivity index (χ2n) is 7.00. The Morgan fingerprint density at radius 1 is 1.17 bits per heavy atom. The van der Waals surface area contributed by atoms with E-state index in [1.165, 1.54) is 57.9 Å². The molecule has 1 saturated heterocycles. The van der Waals surface area contributed by atoms with Gasteiger partial charge in [-0.15, -0.1) is 0 Å². The van der Waals surface area contributed by atoms with Crippen LogP contribution >= 0.6 is 0 Å². The number of likely N-dealkylation sites (tertiary alicyclic amines) is 1. The Bertz CT molecular complexity index is 342. The fourth-order valence-corrected chi connectivity index (χ4v) is 3.96. The first-order valence-electron chi connectivity index (χ1n) is 9.51. The lowest BCUT2D eigenvalue weighted by Gasteiger charge is -2.25. The van der Waals surface area contributed by atoms with Crippen LogP contribution < -0.4 is 10.6 Å². The van der Waals surface area contributed by atoms with E-state index in [-0.39, 0.29) is 0 Å². The van der Waals surface area contributed by atoms with Crippen LogP contribution in [0.5, 0.6) is 0 Å². The summed E-state index contributed by atoms with van der Waals surface area (Å²) < 4.78 is 5.21. The van der Waals surface area contributed by atoms with Crippen LogP contribution in [-0.4, -0.2) is 63.8 Å². The van der Waals surface area contributed by atoms with Gasteiger partial charge in [0.25, 0.3) is 0 Å². The van der Waals surface area contributed by atoms with Crippen molar-refractivity contribution < 1.29 is 4.74 Å². The smallest absolute Gasteiger partial charge is 0.191 e. The van der Waals surface area contributed by atoms with Crippen molar-refractivity contribution in [1.29, 1.82) is 0 Å². The summed E-state index contributed by atoms with van der Waals surface area (Å²) in [5.74, 6) is 1.94. The molecule has 134 valence electrons. The Morgan fingerprint density at radius 2 is 2.00 bits per heavy atom. The van der Waals surface area contributed by atoms with Gasteiger partial charge in [-0.3, -0.25) is 9.89 Å². The average Bonchev–Trinajstić information content (AvgIpc) is 3.24. The summed E-state index contributed by atoms with van der Waals surface area (Å²) in [6, 6.07) is 0.613. The van der Waals surface area contributed by atoms with E-state index in [0.29, 0.717) is 6.04 Å². The summed E-state index contributed by atoms with van der Waals surface area (Å²) in [5, 5.41) is 6.97. The van der Waals surface area contributed by atoms with E-state index in [9.17, 15) is 0 Å². The molecule has 2 aliphatic rings. The molecule has 0 amide bonds. The second kappa shape index (κ2) is 10.9. The first kappa shape index (κ1) is 18.5. The molecule has 1 atom stereocenters. The van der Waals surface area contributed by atoms with Gasteiger partial charge in [-0.2, -0.15) is 0 Å². The second-order valence-corrected chi connectivity index (χ2v) is 7.00. The quantitative estimate of drug-likeness (QED) is 0.388. The van der Waals surface area contributed by atoms with Crippen molar-refractivity contribution in [1.82, 2.24) is 15.5 Å². The van der Waals surface area contributed by atoms with Crippen molar-refractivity contribution in [2.24, 2.45) is 10.9 Å². The molecule has 2 N–H and O–H groups in total. The third-order valence-electron chi connectivity index (χ3n) is 5.37. The number of nitrogens with zero attached hydrogens (tertiary/aromatic N) is 2. The zero-order chi connectivity index (χ0) is 16.3. The summed E-state index contributed by atoms with van der Waals surface area (Å²) in [6.07, 6.45) is 11.0. The van der Waals surface area contributed by atoms with Gasteiger partial charge in [0.15, 0.2) is 5.96 Å². The highest BCUT2D eigenvalue weighted by Crippen LogP contribution is 2.28. The van der Waals surface area contributed by atoms with E-state index in [2.05, 4.69) is 20.5 Å². The molecule has 0 aromatic rings. The van der Waals surface area contributed by atoms with E-state index >= 15 is 0 Å². The van der Waals surface area contributed by atoms with E-state index in [1.54, 1.807) is 7.11 Å². The van der Waals surface area contributed by atoms with Crippen LogP contribution in [0.2, 0.25) is 0 Å². The predicted octanol–water partition coefficient (Wildman–Crippen LogP) is 2.23. The van der Waals surface area contributed by atoms with Crippen LogP contribution in [0.1, 0.15) is 51.4 Å². The number of methoxy groups -OCH3 is 1. The van der Waals surface area contributed by atoms with Gasteiger partial charge in [-0.05, 0) is 38.1 Å². The Kier molecular flexibility index (Phi) is 8.76. The molecule has 0 bridgehead atoms. The third-order valence-corrected chi connectivity index (χ3v) is 5.37. The van der Waals surface area contributed by atoms with Crippen LogP contribution in [0.15, 0.2) is 4.99 Å². The maximum absolute atomic E-state index is 5.21. The number of aliphatic imine (C=N–C) groups is 1. The minimum Gasteiger partial charge on any atom is -0.383 e. The Labute approximate surface area is 142 Å². The molecule has 2 rings (SSSR count). The van der Waals surface area contributed by atoms with Gasteiger partial charge in [0, 0.05) is 39.8 Å². The zero-order valence-corrected chi connectivity index (χ0v) is 15.1. The molecule has 0 aromatic heterocycles. The third kappa shape index (κ3) is 6.68. The summed E-state index contributed by atoms with van der Waals surface area (Å²) in [4.78, 5) is 6.89. The van der Waals surface area contributed by atoms with Crippen molar-refractivity contribution in [2.45, 2.75) is 57.4 Å². The Balaban J connectivity index is 1.58. The molecule has 0 radical (unpaired) electrons. The normalized spacial score (nSPS) is 23.6. The number of rotatable bonds is 9. The van der Waals surface area contributed by atoms with Gasteiger partial charge in [0.1, 0.15) is 0 Å². The molecular formula is C18H36N4O. The minimum atomic E-state index is 0.613. The molecule has 5 nitrogen and oxygen atoms in total. The topological polar surface area (TPSA) is 48.9 Å². The molecule has 0 spiro atoms. The van der Waals surface area contributed by atoms with Crippen molar-refractivity contribution >= 4 is 5.96 Å². The fraction of sp³-hybridized carbons (Fsp3) is 0.944. The van der Waals surface area contributed by atoms with Crippen LogP contribution in [0.25, 0.3) is 0 Å². The summed E-state index contributed by atoms with van der Waals surface area (Å²) >= 11 is 0. The lowest BCUT2D eigenvalue weighted by atomic mass is 10.0. The summed E-state index contributed by atoms with van der Waals surface area (Å²) in [7, 11) is 3.64. The zero-order valence-electron chi connectivity index (χ0n) is 15.1. The number of nitrogens with one attached hydrogen (secondary N) is 2. The molecule has 1 heterocycles. The van der Waals surface area contributed by atoms with Gasteiger partial charge in [-0.25, -0.2) is 0 Å². The average molecular weight is 325 g/mol. The summed E-state index contributed by atoms with van der Waals surface area (Å²) in [6.45, 7) is 5.07. The predicted molar refractivity (Wildman–Crippen MR) is 97.0 cm³/mol. The first-order chi connectivity index (χ1) is 11.3. The standard InChI is InChI=1S/C18H36N4O/c1-19-18(20-11-5-9-16-7-3-4-8-16)21-15-17-10-6-12-22(17)13-14-23-2/h16-17H,3-15H2,1-2H3,(H2,19,20,21). The number of hydrogen-bond donors (Lipinski definition) is 2. The fourth-order valence-electron chi connectivity index (χ4n) is 3.96. The van der Waals surface area contributed by atoms with Gasteiger partial charge < -0.3 is 15.4 Å². The van der Waals surface area contributed by atoms with Gasteiger partial charge >= 0.3 is 0 Å². The van der Waals surface area contributed by atoms with Crippen molar-refractivity contribution in [2.75, 3.05) is 46.9 Å². The van der Waals surface area contributed by atoms with Gasteiger partial charge in [0.2, 0.25) is 0 Å². The van der Waals surface area contributed by atoms with Crippen molar-refractivity contribution in [3.8, 4) is 0 Å². The van der Waals surface area contributed by atoms with Gasteiger partial charge in [0.05, 0.1) is 6.61 Å². The molecule has 1 unspecified atom stereocenters. The van der Waals surface area contributed by atoms with E-state index in [0.717, 1.165) is 38.1 Å². The SMILES string of the molecule is CN=C(NCCCC1CCCC1)NCC1CCCN1CCOC. The lowest BCUT2D eigenvalue weighted by molar-refractivity contribution is 0.141. The highest BCUT2D eigenvalue weighted by atomic mass is 16.5. The number of guanidine groups is 1. The monoisotopic (exact) mass is 324 g/mol. The van der Waals surface area contributed by atoms with Crippen LogP contribution in [0, 0.1) is 5.92 Å².